The summed E-state index contributed by atoms with van der Waals surface area (Å²) in [6.07, 6.45) is 4.38. The average Bonchev–Trinajstić information content (AvgIpc) is 2.96. The molecule has 0 aliphatic carbocycles. The zero-order valence-corrected chi connectivity index (χ0v) is 11.2. The van der Waals surface area contributed by atoms with Gasteiger partial charge in [-0.1, -0.05) is 0 Å². The summed E-state index contributed by atoms with van der Waals surface area (Å²) in [5, 5.41) is 0. The smallest absolute Gasteiger partial charge is 0.324 e. The fourth-order valence-corrected chi connectivity index (χ4v) is 3.86. The lowest BCUT2D eigenvalue weighted by Gasteiger charge is -2.21. The van der Waals surface area contributed by atoms with Crippen LogP contribution in [-0.2, 0) is 26.6 Å². The molecule has 1 fully saturated rings. The molecular weight excluding hydrogens is 256 g/mol. The number of sulfonamides is 1. The molecule has 2 heterocycles. The molecule has 1 aromatic heterocycles. The first-order valence-corrected chi connectivity index (χ1v) is 7.12. The lowest BCUT2D eigenvalue weighted by Crippen LogP contribution is -2.40. The van der Waals surface area contributed by atoms with Gasteiger partial charge in [0.05, 0.1) is 12.0 Å². The van der Waals surface area contributed by atoms with Crippen molar-refractivity contribution in [1.82, 2.24) is 8.87 Å². The Morgan fingerprint density at radius 1 is 1.50 bits per heavy atom. The van der Waals surface area contributed by atoms with Crippen molar-refractivity contribution in [1.29, 1.82) is 0 Å². The third-order valence-electron chi connectivity index (χ3n) is 3.09. The number of carbonyl (C=O) groups excluding carboxylic acids is 1. The maximum atomic E-state index is 12.4. The van der Waals surface area contributed by atoms with Crippen molar-refractivity contribution in [3.05, 3.63) is 18.5 Å². The highest BCUT2D eigenvalue weighted by molar-refractivity contribution is 7.89. The number of esters is 1. The minimum atomic E-state index is -3.61. The van der Waals surface area contributed by atoms with Crippen molar-refractivity contribution < 1.29 is 17.9 Å². The highest BCUT2D eigenvalue weighted by Gasteiger charge is 2.40. The van der Waals surface area contributed by atoms with Crippen molar-refractivity contribution in [2.45, 2.75) is 23.8 Å². The normalized spacial score (nSPS) is 21.1. The number of carbonyl (C=O) groups is 1. The van der Waals surface area contributed by atoms with E-state index in [4.69, 9.17) is 0 Å². The van der Waals surface area contributed by atoms with Gasteiger partial charge >= 0.3 is 5.97 Å². The van der Waals surface area contributed by atoms with Crippen molar-refractivity contribution in [3.63, 3.8) is 0 Å². The van der Waals surface area contributed by atoms with Crippen LogP contribution in [0, 0.1) is 0 Å². The lowest BCUT2D eigenvalue weighted by molar-refractivity contribution is -0.144. The molecule has 0 aromatic carbocycles. The quantitative estimate of drug-likeness (QED) is 0.745. The van der Waals surface area contributed by atoms with E-state index >= 15 is 0 Å². The summed E-state index contributed by atoms with van der Waals surface area (Å²) in [4.78, 5) is 11.8. The van der Waals surface area contributed by atoms with Crippen LogP contribution < -0.4 is 0 Å². The number of methoxy groups -OCH3 is 1. The molecule has 0 N–H and O–H groups in total. The SMILES string of the molecule is COC(=O)C1CCCN1S(=O)(=O)c1ccn(C)c1. The van der Waals surface area contributed by atoms with Gasteiger partial charge in [-0.25, -0.2) is 8.42 Å². The van der Waals surface area contributed by atoms with E-state index in [9.17, 15) is 13.2 Å². The molecule has 1 aromatic rings. The Kier molecular flexibility index (Phi) is 3.45. The van der Waals surface area contributed by atoms with Crippen LogP contribution in [0.3, 0.4) is 0 Å². The summed E-state index contributed by atoms with van der Waals surface area (Å²) in [6, 6.07) is 0.836. The second-order valence-electron chi connectivity index (χ2n) is 4.31. The van der Waals surface area contributed by atoms with Crippen molar-refractivity contribution >= 4 is 16.0 Å². The van der Waals surface area contributed by atoms with Gasteiger partial charge in [0.25, 0.3) is 0 Å². The van der Waals surface area contributed by atoms with E-state index < -0.39 is 22.0 Å². The first kappa shape index (κ1) is 13.1. The predicted molar refractivity (Wildman–Crippen MR) is 64.3 cm³/mol. The molecular formula is C11H16N2O4S. The summed E-state index contributed by atoms with van der Waals surface area (Å²) in [7, 11) is -0.588. The van der Waals surface area contributed by atoms with Gasteiger partial charge in [-0.15, -0.1) is 0 Å². The first-order valence-electron chi connectivity index (χ1n) is 5.68. The van der Waals surface area contributed by atoms with Gasteiger partial charge in [0.15, 0.2) is 0 Å². The van der Waals surface area contributed by atoms with Crippen LogP contribution in [0.2, 0.25) is 0 Å². The number of aryl methyl sites for hydroxylation is 1. The van der Waals surface area contributed by atoms with Crippen LogP contribution in [0.4, 0.5) is 0 Å². The van der Waals surface area contributed by atoms with Crippen molar-refractivity contribution in [3.8, 4) is 0 Å². The van der Waals surface area contributed by atoms with E-state index in [2.05, 4.69) is 4.74 Å². The zero-order valence-electron chi connectivity index (χ0n) is 10.4. The molecule has 1 unspecified atom stereocenters. The average molecular weight is 272 g/mol. The Morgan fingerprint density at radius 2 is 2.22 bits per heavy atom. The Balaban J connectivity index is 2.32. The highest BCUT2D eigenvalue weighted by atomic mass is 32.2. The maximum Gasteiger partial charge on any atom is 0.324 e. The highest BCUT2D eigenvalue weighted by Crippen LogP contribution is 2.26. The molecule has 0 spiro atoms. The van der Waals surface area contributed by atoms with E-state index in [1.54, 1.807) is 17.8 Å². The first-order chi connectivity index (χ1) is 8.46. The molecule has 1 atom stereocenters. The second kappa shape index (κ2) is 4.74. The van der Waals surface area contributed by atoms with Gasteiger partial charge in [0.1, 0.15) is 6.04 Å². The summed E-state index contributed by atoms with van der Waals surface area (Å²) >= 11 is 0. The van der Waals surface area contributed by atoms with Crippen LogP contribution >= 0.6 is 0 Å². The molecule has 18 heavy (non-hydrogen) atoms. The van der Waals surface area contributed by atoms with Crippen molar-refractivity contribution in [2.24, 2.45) is 7.05 Å². The molecule has 2 rings (SSSR count). The summed E-state index contributed by atoms with van der Waals surface area (Å²) < 4.78 is 32.3. The molecule has 0 saturated carbocycles. The van der Waals surface area contributed by atoms with E-state index in [0.29, 0.717) is 19.4 Å². The monoisotopic (exact) mass is 272 g/mol. The van der Waals surface area contributed by atoms with Gasteiger partial charge < -0.3 is 9.30 Å². The van der Waals surface area contributed by atoms with Crippen LogP contribution in [0.1, 0.15) is 12.8 Å². The lowest BCUT2D eigenvalue weighted by atomic mass is 10.2. The predicted octanol–water partition coefficient (Wildman–Crippen LogP) is 0.351. The van der Waals surface area contributed by atoms with Crippen LogP contribution in [0.5, 0.6) is 0 Å². The number of rotatable bonds is 3. The molecule has 0 radical (unpaired) electrons. The van der Waals surface area contributed by atoms with Crippen LogP contribution in [0.15, 0.2) is 23.4 Å². The third kappa shape index (κ3) is 2.15. The van der Waals surface area contributed by atoms with Crippen LogP contribution in [0.25, 0.3) is 0 Å². The van der Waals surface area contributed by atoms with Crippen LogP contribution in [-0.4, -0.2) is 43.0 Å². The fraction of sp³-hybridized carbons (Fsp3) is 0.545. The van der Waals surface area contributed by atoms with E-state index in [-0.39, 0.29) is 4.90 Å². The minimum absolute atomic E-state index is 0.209. The molecule has 100 valence electrons. The fourth-order valence-electron chi connectivity index (χ4n) is 2.17. The Labute approximate surface area is 106 Å². The van der Waals surface area contributed by atoms with Gasteiger partial charge in [-0.3, -0.25) is 4.79 Å². The summed E-state index contributed by atoms with van der Waals surface area (Å²) in [5.74, 6) is -0.494. The zero-order chi connectivity index (χ0) is 13.3. The largest absolute Gasteiger partial charge is 0.468 e. The molecule has 7 heteroatoms. The van der Waals surface area contributed by atoms with Crippen molar-refractivity contribution in [2.75, 3.05) is 13.7 Å². The molecule has 0 amide bonds. The number of nitrogens with zero attached hydrogens (tertiary/aromatic N) is 2. The van der Waals surface area contributed by atoms with E-state index in [0.717, 1.165) is 0 Å². The van der Waals surface area contributed by atoms with E-state index in [1.165, 1.54) is 23.7 Å². The molecule has 1 aliphatic heterocycles. The van der Waals surface area contributed by atoms with E-state index in [1.807, 2.05) is 0 Å². The van der Waals surface area contributed by atoms with Gasteiger partial charge in [-0.2, -0.15) is 4.31 Å². The molecule has 1 aliphatic rings. The van der Waals surface area contributed by atoms with Gasteiger partial charge in [-0.05, 0) is 18.9 Å². The summed E-state index contributed by atoms with van der Waals surface area (Å²) in [5.41, 5.74) is 0. The number of hydrogen-bond acceptors (Lipinski definition) is 4. The number of hydrogen-bond donors (Lipinski definition) is 0. The number of ether oxygens (including phenoxy) is 1. The minimum Gasteiger partial charge on any atom is -0.468 e. The molecule has 0 bridgehead atoms. The second-order valence-corrected chi connectivity index (χ2v) is 6.20. The Bertz CT molecular complexity index is 549. The standard InChI is InChI=1S/C11H16N2O4S/c1-12-7-5-9(8-12)18(15,16)13-6-3-4-10(13)11(14)17-2/h5,7-8,10H,3-4,6H2,1-2H3. The van der Waals surface area contributed by atoms with Gasteiger partial charge in [0, 0.05) is 26.0 Å². The number of aromatic nitrogens is 1. The Hall–Kier alpha value is -1.34. The topological polar surface area (TPSA) is 68.6 Å². The third-order valence-corrected chi connectivity index (χ3v) is 4.98. The molecule has 6 nitrogen and oxygen atoms in total. The molecule has 1 saturated heterocycles. The summed E-state index contributed by atoms with van der Waals surface area (Å²) in [6.45, 7) is 0.358. The van der Waals surface area contributed by atoms with Gasteiger partial charge in [0.2, 0.25) is 10.0 Å². The maximum absolute atomic E-state index is 12.4. The Morgan fingerprint density at radius 3 is 2.78 bits per heavy atom.